The van der Waals surface area contributed by atoms with Gasteiger partial charge in [0.25, 0.3) is 0 Å². The Hall–Kier alpha value is -1.72. The van der Waals surface area contributed by atoms with Crippen LogP contribution in [0.25, 0.3) is 20.3 Å². The molecule has 0 unspecified atom stereocenters. The molecule has 0 bridgehead atoms. The van der Waals surface area contributed by atoms with Crippen LogP contribution in [0.2, 0.25) is 5.15 Å². The first-order valence-electron chi connectivity index (χ1n) is 6.70. The number of aryl methyl sites for hydroxylation is 1. The largest absolute Gasteiger partial charge is 0.481 e. The molecule has 0 fully saturated rings. The fourth-order valence-corrected chi connectivity index (χ4v) is 3.73. The number of hydrogen-bond donors (Lipinski definition) is 1. The number of rotatable bonds is 5. The summed E-state index contributed by atoms with van der Waals surface area (Å²) >= 11 is 7.91. The van der Waals surface area contributed by atoms with Gasteiger partial charge in [-0.05, 0) is 18.9 Å². The Kier molecular flexibility index (Phi) is 4.03. The molecule has 0 aliphatic heterocycles. The van der Waals surface area contributed by atoms with Crippen LogP contribution in [-0.2, 0) is 11.2 Å². The van der Waals surface area contributed by atoms with E-state index in [1.807, 2.05) is 24.3 Å². The van der Waals surface area contributed by atoms with Crippen molar-refractivity contribution in [3.63, 3.8) is 0 Å². The summed E-state index contributed by atoms with van der Waals surface area (Å²) in [6.07, 6.45) is 2.20. The predicted molar refractivity (Wildman–Crippen MR) is 85.1 cm³/mol. The molecule has 0 amide bonds. The van der Waals surface area contributed by atoms with Crippen LogP contribution in [0.3, 0.4) is 0 Å². The second-order valence-electron chi connectivity index (χ2n) is 4.81. The Labute approximate surface area is 130 Å². The monoisotopic (exact) mass is 320 g/mol. The average molecular weight is 321 g/mol. The van der Waals surface area contributed by atoms with E-state index in [4.69, 9.17) is 16.7 Å². The number of halogens is 1. The van der Waals surface area contributed by atoms with Crippen LogP contribution in [0.15, 0.2) is 24.3 Å². The van der Waals surface area contributed by atoms with Gasteiger partial charge in [0.1, 0.15) is 15.8 Å². The highest BCUT2D eigenvalue weighted by molar-refractivity contribution is 7.25. The van der Waals surface area contributed by atoms with Gasteiger partial charge in [-0.2, -0.15) is 0 Å². The molecule has 4 nitrogen and oxygen atoms in total. The van der Waals surface area contributed by atoms with Gasteiger partial charge in [0.05, 0.1) is 5.39 Å². The fraction of sp³-hybridized carbons (Fsp3) is 0.267. The number of fused-ring (bicyclic) bond motifs is 3. The summed E-state index contributed by atoms with van der Waals surface area (Å²) in [5, 5.41) is 11.1. The Morgan fingerprint density at radius 2 is 2.05 bits per heavy atom. The lowest BCUT2D eigenvalue weighted by Crippen LogP contribution is -1.98. The second-order valence-corrected chi connectivity index (χ2v) is 6.20. The molecule has 21 heavy (non-hydrogen) atoms. The van der Waals surface area contributed by atoms with Gasteiger partial charge in [0.15, 0.2) is 0 Å². The first-order chi connectivity index (χ1) is 10.1. The lowest BCUT2D eigenvalue weighted by molar-refractivity contribution is -0.137. The zero-order chi connectivity index (χ0) is 14.8. The summed E-state index contributed by atoms with van der Waals surface area (Å²) in [6.45, 7) is 0. The van der Waals surface area contributed by atoms with Crippen molar-refractivity contribution >= 4 is 49.2 Å². The summed E-state index contributed by atoms with van der Waals surface area (Å²) in [5.41, 5.74) is 0. The van der Waals surface area contributed by atoms with Crippen molar-refractivity contribution < 1.29 is 9.90 Å². The topological polar surface area (TPSA) is 63.1 Å². The highest BCUT2D eigenvalue weighted by Gasteiger charge is 2.12. The minimum absolute atomic E-state index is 0.179. The van der Waals surface area contributed by atoms with Gasteiger partial charge in [-0.25, -0.2) is 9.97 Å². The maximum absolute atomic E-state index is 10.5. The van der Waals surface area contributed by atoms with Crippen molar-refractivity contribution in [3.05, 3.63) is 35.2 Å². The van der Waals surface area contributed by atoms with Crippen LogP contribution < -0.4 is 0 Å². The van der Waals surface area contributed by atoms with Gasteiger partial charge in [0.2, 0.25) is 0 Å². The molecule has 2 heterocycles. The van der Waals surface area contributed by atoms with Crippen LogP contribution in [-0.4, -0.2) is 21.0 Å². The molecule has 3 aromatic rings. The summed E-state index contributed by atoms with van der Waals surface area (Å²) in [7, 11) is 0. The van der Waals surface area contributed by atoms with Crippen molar-refractivity contribution in [2.75, 3.05) is 0 Å². The maximum Gasteiger partial charge on any atom is 0.303 e. The Morgan fingerprint density at radius 3 is 2.86 bits per heavy atom. The Bertz CT molecular complexity index is 816. The third kappa shape index (κ3) is 2.99. The third-order valence-corrected chi connectivity index (χ3v) is 4.62. The molecule has 1 aromatic carbocycles. The molecule has 0 spiro atoms. The normalized spacial score (nSPS) is 11.3. The summed E-state index contributed by atoms with van der Waals surface area (Å²) in [5.74, 6) is -0.0849. The zero-order valence-electron chi connectivity index (χ0n) is 11.2. The number of aromatic nitrogens is 2. The van der Waals surface area contributed by atoms with Crippen LogP contribution in [0.5, 0.6) is 0 Å². The maximum atomic E-state index is 10.5. The van der Waals surface area contributed by atoms with E-state index in [2.05, 4.69) is 9.97 Å². The van der Waals surface area contributed by atoms with Gasteiger partial charge in [0, 0.05) is 22.9 Å². The van der Waals surface area contributed by atoms with Gasteiger partial charge in [-0.3, -0.25) is 4.79 Å². The molecule has 108 valence electrons. The van der Waals surface area contributed by atoms with Gasteiger partial charge < -0.3 is 5.11 Å². The molecule has 6 heteroatoms. The zero-order valence-corrected chi connectivity index (χ0v) is 12.7. The van der Waals surface area contributed by atoms with Gasteiger partial charge in [-0.15, -0.1) is 11.3 Å². The minimum atomic E-state index is -0.770. The molecule has 0 atom stereocenters. The van der Waals surface area contributed by atoms with E-state index in [0.29, 0.717) is 23.8 Å². The minimum Gasteiger partial charge on any atom is -0.481 e. The average Bonchev–Trinajstić information content (AvgIpc) is 2.82. The van der Waals surface area contributed by atoms with Crippen molar-refractivity contribution in [2.45, 2.75) is 25.7 Å². The fourth-order valence-electron chi connectivity index (χ4n) is 2.29. The molecule has 0 saturated carbocycles. The van der Waals surface area contributed by atoms with E-state index in [1.54, 1.807) is 11.3 Å². The second kappa shape index (κ2) is 5.95. The first-order valence-corrected chi connectivity index (χ1v) is 7.90. The van der Waals surface area contributed by atoms with Crippen LogP contribution in [0.4, 0.5) is 0 Å². The summed E-state index contributed by atoms with van der Waals surface area (Å²) < 4.78 is 1.15. The number of thiophene rings is 1. The number of aliphatic carboxylic acids is 1. The number of hydrogen-bond acceptors (Lipinski definition) is 4. The molecular formula is C15H13ClN2O2S. The van der Waals surface area contributed by atoms with E-state index in [-0.39, 0.29) is 6.42 Å². The van der Waals surface area contributed by atoms with E-state index in [0.717, 1.165) is 26.7 Å². The van der Waals surface area contributed by atoms with Gasteiger partial charge in [-0.1, -0.05) is 29.8 Å². The Morgan fingerprint density at radius 1 is 1.24 bits per heavy atom. The molecule has 1 N–H and O–H groups in total. The lowest BCUT2D eigenvalue weighted by Gasteiger charge is -2.01. The van der Waals surface area contributed by atoms with E-state index in [9.17, 15) is 4.79 Å². The molecule has 0 aliphatic carbocycles. The standard InChI is InChI=1S/C15H13ClN2O2S/c16-14-13-9-5-1-2-6-10(9)21-15(13)18-11(17-14)7-3-4-8-12(19)20/h1-2,5-6H,3-4,7-8H2,(H,19,20). The molecule has 0 radical (unpaired) electrons. The quantitative estimate of drug-likeness (QED) is 0.562. The third-order valence-electron chi connectivity index (χ3n) is 3.28. The van der Waals surface area contributed by atoms with Crippen molar-refractivity contribution in [3.8, 4) is 0 Å². The number of carbonyl (C=O) groups is 1. The van der Waals surface area contributed by atoms with Crippen LogP contribution >= 0.6 is 22.9 Å². The molecule has 3 rings (SSSR count). The van der Waals surface area contributed by atoms with Crippen LogP contribution in [0, 0.1) is 0 Å². The molecule has 2 aromatic heterocycles. The van der Waals surface area contributed by atoms with Crippen LogP contribution in [0.1, 0.15) is 25.1 Å². The van der Waals surface area contributed by atoms with Crippen molar-refractivity contribution in [1.29, 1.82) is 0 Å². The lowest BCUT2D eigenvalue weighted by atomic mass is 10.2. The summed E-state index contributed by atoms with van der Waals surface area (Å²) in [4.78, 5) is 20.3. The number of carboxylic acid groups (broad SMARTS) is 1. The van der Waals surface area contributed by atoms with Gasteiger partial charge >= 0.3 is 5.97 Å². The smallest absolute Gasteiger partial charge is 0.303 e. The molecule has 0 saturated heterocycles. The van der Waals surface area contributed by atoms with E-state index >= 15 is 0 Å². The molecular weight excluding hydrogens is 308 g/mol. The number of benzene rings is 1. The van der Waals surface area contributed by atoms with E-state index < -0.39 is 5.97 Å². The highest BCUT2D eigenvalue weighted by atomic mass is 35.5. The van der Waals surface area contributed by atoms with Crippen molar-refractivity contribution in [1.82, 2.24) is 9.97 Å². The number of carboxylic acids is 1. The summed E-state index contributed by atoms with van der Waals surface area (Å²) in [6, 6.07) is 8.04. The highest BCUT2D eigenvalue weighted by Crippen LogP contribution is 2.35. The Balaban J connectivity index is 1.88. The molecule has 0 aliphatic rings. The SMILES string of the molecule is O=C(O)CCCCc1nc(Cl)c2c(n1)sc1ccccc12. The first kappa shape index (κ1) is 14.2. The predicted octanol–water partition coefficient (Wildman–Crippen LogP) is 4.30. The number of nitrogens with zero attached hydrogens (tertiary/aromatic N) is 2. The number of unbranched alkanes of at least 4 members (excludes halogenated alkanes) is 1. The van der Waals surface area contributed by atoms with Crippen molar-refractivity contribution in [2.24, 2.45) is 0 Å². The van der Waals surface area contributed by atoms with E-state index in [1.165, 1.54) is 0 Å².